The molecule has 3 rings (SSSR count). The predicted molar refractivity (Wildman–Crippen MR) is 81.3 cm³/mol. The van der Waals surface area contributed by atoms with Crippen LogP contribution in [-0.4, -0.2) is 26.9 Å². The van der Waals surface area contributed by atoms with Crippen LogP contribution in [0.1, 0.15) is 18.8 Å². The average molecular weight is 283 g/mol. The van der Waals surface area contributed by atoms with Gasteiger partial charge in [0.2, 0.25) is 0 Å². The molecule has 0 bridgehead atoms. The molecular weight excluding hydrogens is 266 g/mol. The number of pyridine rings is 1. The van der Waals surface area contributed by atoms with Crippen molar-refractivity contribution < 1.29 is 4.74 Å². The molecule has 108 valence electrons. The van der Waals surface area contributed by atoms with Gasteiger partial charge in [0.1, 0.15) is 17.9 Å². The summed E-state index contributed by atoms with van der Waals surface area (Å²) in [6.07, 6.45) is 3.47. The van der Waals surface area contributed by atoms with Gasteiger partial charge in [0.25, 0.3) is 0 Å². The van der Waals surface area contributed by atoms with Crippen LogP contribution in [0.5, 0.6) is 5.75 Å². The van der Waals surface area contributed by atoms with Crippen molar-refractivity contribution in [3.8, 4) is 5.75 Å². The minimum Gasteiger partial charge on any atom is -0.497 e. The minimum absolute atomic E-state index is 0.0118. The molecule has 6 heteroatoms. The maximum atomic E-state index is 5.26. The quantitative estimate of drug-likeness (QED) is 0.797. The third kappa shape index (κ3) is 2.52. The van der Waals surface area contributed by atoms with Gasteiger partial charge >= 0.3 is 0 Å². The number of hydrogen-bond acceptors (Lipinski definition) is 5. The Morgan fingerprint density at radius 3 is 2.86 bits per heavy atom. The largest absolute Gasteiger partial charge is 0.497 e. The summed E-state index contributed by atoms with van der Waals surface area (Å²) in [6.45, 7) is 2.04. The number of ether oxygens (including phenoxy) is 1. The van der Waals surface area contributed by atoms with E-state index in [2.05, 4.69) is 20.5 Å². The zero-order chi connectivity index (χ0) is 14.8. The number of anilines is 1. The van der Waals surface area contributed by atoms with Gasteiger partial charge in [-0.3, -0.25) is 0 Å². The highest BCUT2D eigenvalue weighted by Crippen LogP contribution is 2.27. The molecule has 1 N–H and O–H groups in total. The summed E-state index contributed by atoms with van der Waals surface area (Å²) in [7, 11) is 3.59. The summed E-state index contributed by atoms with van der Waals surface area (Å²) >= 11 is 0. The highest BCUT2D eigenvalue weighted by Gasteiger charge is 2.13. The van der Waals surface area contributed by atoms with Gasteiger partial charge in [0.15, 0.2) is 5.82 Å². The molecule has 3 aromatic rings. The minimum atomic E-state index is 0.0118. The Kier molecular flexibility index (Phi) is 3.43. The standard InChI is InChI=1S/C15H17N5O/c1-10(15-19-17-9-20(15)2)18-14-13-5-4-12(21-3)8-11(13)6-7-16-14/h4-10H,1-3H3,(H,16,18). The lowest BCUT2D eigenvalue weighted by atomic mass is 10.1. The van der Waals surface area contributed by atoms with Crippen molar-refractivity contribution in [2.24, 2.45) is 7.05 Å². The molecule has 2 heterocycles. The molecule has 0 aliphatic heterocycles. The molecule has 1 unspecified atom stereocenters. The summed E-state index contributed by atoms with van der Waals surface area (Å²) in [5.74, 6) is 2.52. The summed E-state index contributed by atoms with van der Waals surface area (Å²) in [4.78, 5) is 4.43. The lowest BCUT2D eigenvalue weighted by Crippen LogP contribution is -2.13. The zero-order valence-electron chi connectivity index (χ0n) is 12.2. The molecule has 0 spiro atoms. The Hall–Kier alpha value is -2.63. The fraction of sp³-hybridized carbons (Fsp3) is 0.267. The van der Waals surface area contributed by atoms with E-state index in [1.54, 1.807) is 19.6 Å². The highest BCUT2D eigenvalue weighted by molar-refractivity contribution is 5.92. The molecule has 0 radical (unpaired) electrons. The lowest BCUT2D eigenvalue weighted by molar-refractivity contribution is 0.415. The van der Waals surface area contributed by atoms with Crippen molar-refractivity contribution in [2.45, 2.75) is 13.0 Å². The molecule has 1 aromatic carbocycles. The number of aromatic nitrogens is 4. The van der Waals surface area contributed by atoms with Crippen LogP contribution in [-0.2, 0) is 7.05 Å². The van der Waals surface area contributed by atoms with Crippen molar-refractivity contribution in [1.29, 1.82) is 0 Å². The Labute approximate surface area is 122 Å². The fourth-order valence-corrected chi connectivity index (χ4v) is 2.35. The first-order valence-corrected chi connectivity index (χ1v) is 6.72. The van der Waals surface area contributed by atoms with Gasteiger partial charge in [-0.15, -0.1) is 10.2 Å². The molecule has 21 heavy (non-hydrogen) atoms. The van der Waals surface area contributed by atoms with Crippen LogP contribution in [0.2, 0.25) is 0 Å². The van der Waals surface area contributed by atoms with Crippen LogP contribution < -0.4 is 10.1 Å². The normalized spacial score (nSPS) is 12.3. The van der Waals surface area contributed by atoms with Crippen LogP contribution >= 0.6 is 0 Å². The van der Waals surface area contributed by atoms with Crippen molar-refractivity contribution in [3.63, 3.8) is 0 Å². The number of fused-ring (bicyclic) bond motifs is 1. The van der Waals surface area contributed by atoms with E-state index in [1.165, 1.54) is 0 Å². The monoisotopic (exact) mass is 283 g/mol. The van der Waals surface area contributed by atoms with Gasteiger partial charge in [-0.05, 0) is 36.6 Å². The molecule has 0 fully saturated rings. The van der Waals surface area contributed by atoms with E-state index >= 15 is 0 Å². The van der Waals surface area contributed by atoms with Crippen LogP contribution in [0.4, 0.5) is 5.82 Å². The van der Waals surface area contributed by atoms with Crippen LogP contribution in [0.3, 0.4) is 0 Å². The van der Waals surface area contributed by atoms with Crippen LogP contribution in [0.25, 0.3) is 10.8 Å². The lowest BCUT2D eigenvalue weighted by Gasteiger charge is -2.15. The Morgan fingerprint density at radius 2 is 2.14 bits per heavy atom. The molecule has 0 saturated heterocycles. The molecule has 0 saturated carbocycles. The van der Waals surface area contributed by atoms with E-state index < -0.39 is 0 Å². The summed E-state index contributed by atoms with van der Waals surface area (Å²) < 4.78 is 7.15. The smallest absolute Gasteiger partial charge is 0.154 e. The van der Waals surface area contributed by atoms with E-state index in [0.717, 1.165) is 28.2 Å². The summed E-state index contributed by atoms with van der Waals surface area (Å²) in [5.41, 5.74) is 0. The van der Waals surface area contributed by atoms with E-state index in [-0.39, 0.29) is 6.04 Å². The van der Waals surface area contributed by atoms with E-state index in [4.69, 9.17) is 4.74 Å². The predicted octanol–water partition coefficient (Wildman–Crippen LogP) is 2.55. The Balaban J connectivity index is 1.95. The van der Waals surface area contributed by atoms with E-state index in [0.29, 0.717) is 0 Å². The van der Waals surface area contributed by atoms with Crippen molar-refractivity contribution in [2.75, 3.05) is 12.4 Å². The summed E-state index contributed by atoms with van der Waals surface area (Å²) in [6, 6.07) is 7.91. The van der Waals surface area contributed by atoms with E-state index in [1.807, 2.05) is 42.8 Å². The highest BCUT2D eigenvalue weighted by atomic mass is 16.5. The van der Waals surface area contributed by atoms with Crippen LogP contribution in [0.15, 0.2) is 36.8 Å². The number of methoxy groups -OCH3 is 1. The number of hydrogen-bond donors (Lipinski definition) is 1. The van der Waals surface area contributed by atoms with Gasteiger partial charge in [-0.2, -0.15) is 0 Å². The average Bonchev–Trinajstić information content (AvgIpc) is 2.93. The second-order valence-electron chi connectivity index (χ2n) is 4.91. The molecule has 0 aliphatic rings. The maximum absolute atomic E-state index is 5.26. The van der Waals surface area contributed by atoms with Crippen molar-refractivity contribution >= 4 is 16.6 Å². The SMILES string of the molecule is COc1ccc2c(NC(C)c3nncn3C)nccc2c1. The first-order chi connectivity index (χ1) is 10.2. The molecule has 0 amide bonds. The first-order valence-electron chi connectivity index (χ1n) is 6.72. The molecule has 1 atom stereocenters. The van der Waals surface area contributed by atoms with Gasteiger partial charge < -0.3 is 14.6 Å². The molecule has 6 nitrogen and oxygen atoms in total. The maximum Gasteiger partial charge on any atom is 0.154 e. The Bertz CT molecular complexity index is 768. The second-order valence-corrected chi connectivity index (χ2v) is 4.91. The topological polar surface area (TPSA) is 64.9 Å². The third-order valence-electron chi connectivity index (χ3n) is 3.46. The number of aryl methyl sites for hydroxylation is 1. The van der Waals surface area contributed by atoms with Crippen molar-refractivity contribution in [1.82, 2.24) is 19.7 Å². The van der Waals surface area contributed by atoms with Gasteiger partial charge in [0.05, 0.1) is 13.2 Å². The Morgan fingerprint density at radius 1 is 1.29 bits per heavy atom. The summed E-state index contributed by atoms with van der Waals surface area (Å²) in [5, 5.41) is 13.5. The van der Waals surface area contributed by atoms with Crippen molar-refractivity contribution in [3.05, 3.63) is 42.6 Å². The van der Waals surface area contributed by atoms with Crippen LogP contribution in [0, 0.1) is 0 Å². The van der Waals surface area contributed by atoms with Gasteiger partial charge in [0, 0.05) is 18.6 Å². The second kappa shape index (κ2) is 5.40. The van der Waals surface area contributed by atoms with Gasteiger partial charge in [-0.25, -0.2) is 4.98 Å². The number of rotatable bonds is 4. The van der Waals surface area contributed by atoms with Gasteiger partial charge in [-0.1, -0.05) is 0 Å². The third-order valence-corrected chi connectivity index (χ3v) is 3.46. The van der Waals surface area contributed by atoms with E-state index in [9.17, 15) is 0 Å². The first kappa shape index (κ1) is 13.4. The number of nitrogens with one attached hydrogen (secondary N) is 1. The zero-order valence-corrected chi connectivity index (χ0v) is 12.2. The molecular formula is C15H17N5O. The number of nitrogens with zero attached hydrogens (tertiary/aromatic N) is 4. The molecule has 2 aromatic heterocycles. The fourth-order valence-electron chi connectivity index (χ4n) is 2.35. The number of benzene rings is 1. The molecule has 0 aliphatic carbocycles.